The lowest BCUT2D eigenvalue weighted by Gasteiger charge is -2.30. The van der Waals surface area contributed by atoms with Gasteiger partial charge in [0, 0.05) is 47.7 Å². The van der Waals surface area contributed by atoms with Gasteiger partial charge in [0.1, 0.15) is 12.0 Å². The van der Waals surface area contributed by atoms with Crippen molar-refractivity contribution in [3.05, 3.63) is 86.7 Å². The summed E-state index contributed by atoms with van der Waals surface area (Å²) in [4.78, 5) is 29.4. The van der Waals surface area contributed by atoms with Gasteiger partial charge in [-0.25, -0.2) is 18.7 Å². The van der Waals surface area contributed by atoms with Crippen molar-refractivity contribution in [1.82, 2.24) is 33.6 Å². The second-order valence-corrected chi connectivity index (χ2v) is 10.1. The molecule has 0 bridgehead atoms. The topological polar surface area (TPSA) is 91.2 Å². The molecule has 5 heterocycles. The molecule has 6 rings (SSSR count). The highest BCUT2D eigenvalue weighted by atomic mass is 35.5. The number of rotatable bonds is 5. The van der Waals surface area contributed by atoms with Gasteiger partial charge >= 0.3 is 5.69 Å². The first kappa shape index (κ1) is 23.6. The number of nitrogens with one attached hydrogen (secondary N) is 1. The second-order valence-electron chi connectivity index (χ2n) is 9.66. The van der Waals surface area contributed by atoms with Crippen LogP contribution in [0, 0.1) is 0 Å². The van der Waals surface area contributed by atoms with Crippen molar-refractivity contribution in [2.45, 2.75) is 31.6 Å². The molecule has 1 N–H and O–H groups in total. The molecule has 0 amide bonds. The van der Waals surface area contributed by atoms with Crippen LogP contribution in [0.25, 0.3) is 27.7 Å². The first-order chi connectivity index (χ1) is 17.8. The van der Waals surface area contributed by atoms with E-state index in [9.17, 15) is 9.59 Å². The molecule has 11 heteroatoms. The molecule has 37 heavy (non-hydrogen) atoms. The van der Waals surface area contributed by atoms with Crippen LogP contribution in [0.4, 0.5) is 4.39 Å². The van der Waals surface area contributed by atoms with Crippen molar-refractivity contribution in [2.24, 2.45) is 7.05 Å². The molecule has 0 atom stereocenters. The maximum atomic E-state index is 15.7. The minimum atomic E-state index is -1.30. The molecule has 5 aromatic rings. The third-order valence-corrected chi connectivity index (χ3v) is 7.29. The molecule has 9 nitrogen and oxygen atoms in total. The minimum Gasteiger partial charge on any atom is -0.344 e. The molecule has 0 aliphatic carbocycles. The van der Waals surface area contributed by atoms with E-state index in [1.807, 2.05) is 35.0 Å². The van der Waals surface area contributed by atoms with E-state index < -0.39 is 11.4 Å². The van der Waals surface area contributed by atoms with Crippen molar-refractivity contribution in [3.63, 3.8) is 0 Å². The Morgan fingerprint density at radius 2 is 1.95 bits per heavy atom. The van der Waals surface area contributed by atoms with E-state index in [-0.39, 0.29) is 18.6 Å². The number of piperidine rings is 1. The molecule has 1 fully saturated rings. The zero-order chi connectivity index (χ0) is 25.7. The molecule has 1 aliphatic rings. The summed E-state index contributed by atoms with van der Waals surface area (Å²) in [6.07, 6.45) is 7.47. The molecule has 0 radical (unpaired) electrons. The first-order valence-corrected chi connectivity index (χ1v) is 12.5. The summed E-state index contributed by atoms with van der Waals surface area (Å²) in [6.45, 7) is 1.64. The van der Waals surface area contributed by atoms with Crippen LogP contribution in [0.5, 0.6) is 0 Å². The van der Waals surface area contributed by atoms with Gasteiger partial charge in [-0.1, -0.05) is 11.6 Å². The van der Waals surface area contributed by atoms with Gasteiger partial charge < -0.3 is 14.5 Å². The van der Waals surface area contributed by atoms with Crippen LogP contribution in [0.2, 0.25) is 5.02 Å². The van der Waals surface area contributed by atoms with Gasteiger partial charge in [-0.15, -0.1) is 0 Å². The zero-order valence-corrected chi connectivity index (χ0v) is 21.0. The lowest BCUT2D eigenvalue weighted by Crippen LogP contribution is -2.41. The summed E-state index contributed by atoms with van der Waals surface area (Å²) in [5.41, 5.74) is 1.56. The van der Waals surface area contributed by atoms with E-state index in [1.54, 1.807) is 17.8 Å². The summed E-state index contributed by atoms with van der Waals surface area (Å²) in [5.74, 6) is 0. The highest BCUT2D eigenvalue weighted by molar-refractivity contribution is 6.32. The van der Waals surface area contributed by atoms with Crippen LogP contribution in [0.1, 0.15) is 18.4 Å². The van der Waals surface area contributed by atoms with Crippen LogP contribution in [-0.2, 0) is 20.1 Å². The molecule has 0 spiro atoms. The summed E-state index contributed by atoms with van der Waals surface area (Å²) < 4.78 is 21.8. The lowest BCUT2D eigenvalue weighted by atomic mass is 9.94. The number of aryl methyl sites for hydroxylation is 1. The Labute approximate surface area is 215 Å². The fourth-order valence-electron chi connectivity index (χ4n) is 5.18. The number of aromatic nitrogens is 6. The molecule has 0 unspecified atom stereocenters. The smallest absolute Gasteiger partial charge is 0.331 e. The van der Waals surface area contributed by atoms with Gasteiger partial charge in [0.25, 0.3) is 5.56 Å². The van der Waals surface area contributed by atoms with Crippen molar-refractivity contribution < 1.29 is 4.39 Å². The summed E-state index contributed by atoms with van der Waals surface area (Å²) in [7, 11) is 1.60. The number of nitrogens with zero attached hydrogens (tertiary/aromatic N) is 6. The Balaban J connectivity index is 1.47. The predicted octanol–water partition coefficient (Wildman–Crippen LogP) is 3.00. The average Bonchev–Trinajstić information content (AvgIpc) is 3.47. The minimum absolute atomic E-state index is 0.0921. The third kappa shape index (κ3) is 4.25. The van der Waals surface area contributed by atoms with Crippen molar-refractivity contribution in [3.8, 4) is 11.3 Å². The molecule has 190 valence electrons. The van der Waals surface area contributed by atoms with Crippen molar-refractivity contribution in [1.29, 1.82) is 0 Å². The molecule has 1 aliphatic heterocycles. The SMILES string of the molecule is Cn1ccc(=O)n(Cc2cc3c(-c4cc(Cl)cc5ccn(CC6(F)CCNCC6)c45)ncnn3c2)c1=O. The summed E-state index contributed by atoms with van der Waals surface area (Å²) >= 11 is 6.50. The molecule has 1 aromatic carbocycles. The highest BCUT2D eigenvalue weighted by Gasteiger charge is 2.32. The quantitative estimate of drug-likeness (QED) is 0.384. The van der Waals surface area contributed by atoms with Gasteiger partial charge in [0.15, 0.2) is 0 Å². The molecule has 1 saturated heterocycles. The van der Waals surface area contributed by atoms with E-state index >= 15 is 4.39 Å². The van der Waals surface area contributed by atoms with Crippen LogP contribution in [0.15, 0.2) is 64.8 Å². The fourth-order valence-corrected chi connectivity index (χ4v) is 5.41. The maximum Gasteiger partial charge on any atom is 0.331 e. The van der Waals surface area contributed by atoms with Gasteiger partial charge in [-0.3, -0.25) is 9.36 Å². The number of hydrogen-bond donors (Lipinski definition) is 1. The van der Waals surface area contributed by atoms with E-state index in [0.29, 0.717) is 42.2 Å². The Kier molecular flexibility index (Phi) is 5.73. The summed E-state index contributed by atoms with van der Waals surface area (Å²) in [6, 6.07) is 8.86. The van der Waals surface area contributed by atoms with Crippen LogP contribution < -0.4 is 16.6 Å². The van der Waals surface area contributed by atoms with Gasteiger partial charge in [0.05, 0.1) is 29.8 Å². The van der Waals surface area contributed by atoms with Crippen molar-refractivity contribution >= 4 is 28.0 Å². The number of alkyl halides is 1. The Morgan fingerprint density at radius 3 is 2.76 bits per heavy atom. The van der Waals surface area contributed by atoms with Crippen LogP contribution in [0.3, 0.4) is 0 Å². The molecular weight excluding hydrogens is 497 g/mol. The van der Waals surface area contributed by atoms with Crippen molar-refractivity contribution in [2.75, 3.05) is 13.1 Å². The Bertz CT molecular complexity index is 1760. The van der Waals surface area contributed by atoms with Crippen LogP contribution >= 0.6 is 11.6 Å². The van der Waals surface area contributed by atoms with Crippen LogP contribution in [-0.4, -0.2) is 47.1 Å². The molecule has 4 aromatic heterocycles. The number of hydrogen-bond acceptors (Lipinski definition) is 5. The third-order valence-electron chi connectivity index (χ3n) is 7.08. The maximum absolute atomic E-state index is 15.7. The molecular formula is C26H25ClFN7O2. The van der Waals surface area contributed by atoms with Gasteiger partial charge in [0.2, 0.25) is 0 Å². The first-order valence-electron chi connectivity index (χ1n) is 12.1. The van der Waals surface area contributed by atoms with E-state index in [4.69, 9.17) is 11.6 Å². The summed E-state index contributed by atoms with van der Waals surface area (Å²) in [5, 5.41) is 8.99. The zero-order valence-electron chi connectivity index (χ0n) is 20.2. The van der Waals surface area contributed by atoms with Gasteiger partial charge in [-0.05, 0) is 55.8 Å². The molecule has 0 saturated carbocycles. The Hall–Kier alpha value is -3.76. The lowest BCUT2D eigenvalue weighted by molar-refractivity contribution is 0.0955. The highest BCUT2D eigenvalue weighted by Crippen LogP contribution is 2.36. The standard InChI is InChI=1S/C26H25ClFN7O2/c1-32-8-3-22(36)34(25(32)37)13-17-10-21-23(30-16-31-35(21)14-17)20-12-19(27)11-18-2-9-33(24(18)20)15-26(28)4-6-29-7-5-26/h2-3,8-12,14,16,29H,4-7,13,15H2,1H3. The number of benzene rings is 1. The number of fused-ring (bicyclic) bond motifs is 2. The van der Waals surface area contributed by atoms with E-state index in [2.05, 4.69) is 15.4 Å². The fraction of sp³-hybridized carbons (Fsp3) is 0.308. The monoisotopic (exact) mass is 521 g/mol. The number of halogens is 2. The average molecular weight is 522 g/mol. The second kappa shape index (κ2) is 8.97. The largest absolute Gasteiger partial charge is 0.344 e. The van der Waals surface area contributed by atoms with E-state index in [1.165, 1.54) is 27.7 Å². The van der Waals surface area contributed by atoms with Gasteiger partial charge in [-0.2, -0.15) is 5.10 Å². The van der Waals surface area contributed by atoms with E-state index in [0.717, 1.165) is 22.0 Å². The predicted molar refractivity (Wildman–Crippen MR) is 140 cm³/mol. The Morgan fingerprint density at radius 1 is 1.14 bits per heavy atom. The normalized spacial score (nSPS) is 15.5.